The van der Waals surface area contributed by atoms with Crippen molar-refractivity contribution in [2.45, 2.75) is 19.3 Å². The van der Waals surface area contributed by atoms with Crippen molar-refractivity contribution in [2.75, 3.05) is 18.6 Å². The molecular formula is C19H18ClNO3. The summed E-state index contributed by atoms with van der Waals surface area (Å²) >= 11 is 6.16. The number of anilines is 1. The molecule has 1 aliphatic heterocycles. The van der Waals surface area contributed by atoms with Crippen molar-refractivity contribution < 1.29 is 14.3 Å². The molecule has 4 nitrogen and oxygen atoms in total. The molecule has 3 rings (SSSR count). The van der Waals surface area contributed by atoms with E-state index in [1.54, 1.807) is 23.1 Å². The van der Waals surface area contributed by atoms with Crippen molar-refractivity contribution in [3.63, 3.8) is 0 Å². The Kier molecular flexibility index (Phi) is 4.86. The van der Waals surface area contributed by atoms with Crippen LogP contribution in [0.15, 0.2) is 42.5 Å². The predicted molar refractivity (Wildman–Crippen MR) is 93.6 cm³/mol. The van der Waals surface area contributed by atoms with Gasteiger partial charge in [-0.2, -0.15) is 0 Å². The van der Waals surface area contributed by atoms with E-state index < -0.39 is 0 Å². The summed E-state index contributed by atoms with van der Waals surface area (Å²) in [5, 5.41) is 0.589. The number of hydrogen-bond donors (Lipinski definition) is 0. The quantitative estimate of drug-likeness (QED) is 0.799. The second kappa shape index (κ2) is 7.05. The lowest BCUT2D eigenvalue weighted by atomic mass is 9.95. The number of benzene rings is 2. The van der Waals surface area contributed by atoms with Crippen LogP contribution >= 0.6 is 11.6 Å². The second-order valence-corrected chi connectivity index (χ2v) is 6.12. The van der Waals surface area contributed by atoms with E-state index in [-0.39, 0.29) is 18.3 Å². The standard InChI is InChI=1S/C19H18ClNO3/c1-24-19(23)15-7-4-10-17-14(15)8-5-11-21(17)18(22)12-13-6-2-3-9-16(13)20/h2-4,6-7,9-10H,5,8,11-12H2,1H3. The minimum atomic E-state index is -0.368. The Bertz CT molecular complexity index is 788. The van der Waals surface area contributed by atoms with E-state index in [1.807, 2.05) is 24.3 Å². The first-order valence-electron chi connectivity index (χ1n) is 7.86. The molecule has 1 amide bonds. The fraction of sp³-hybridized carbons (Fsp3) is 0.263. The van der Waals surface area contributed by atoms with Crippen LogP contribution in [0.25, 0.3) is 0 Å². The SMILES string of the molecule is COC(=O)c1cccc2c1CCCN2C(=O)Cc1ccccc1Cl. The number of hydrogen-bond acceptors (Lipinski definition) is 3. The molecule has 0 N–H and O–H groups in total. The molecule has 24 heavy (non-hydrogen) atoms. The van der Waals surface area contributed by atoms with Crippen molar-refractivity contribution in [1.29, 1.82) is 0 Å². The lowest BCUT2D eigenvalue weighted by Gasteiger charge is -2.30. The van der Waals surface area contributed by atoms with E-state index in [0.717, 1.165) is 29.7 Å². The molecule has 0 radical (unpaired) electrons. The molecule has 1 aliphatic rings. The topological polar surface area (TPSA) is 46.6 Å². The molecule has 0 unspecified atom stereocenters. The normalized spacial score (nSPS) is 13.3. The number of halogens is 1. The number of rotatable bonds is 3. The van der Waals surface area contributed by atoms with E-state index in [4.69, 9.17) is 16.3 Å². The molecule has 0 aliphatic carbocycles. The fourth-order valence-corrected chi connectivity index (χ4v) is 3.29. The number of nitrogens with zero attached hydrogens (tertiary/aromatic N) is 1. The largest absolute Gasteiger partial charge is 0.465 e. The van der Waals surface area contributed by atoms with E-state index in [2.05, 4.69) is 0 Å². The van der Waals surface area contributed by atoms with Gasteiger partial charge in [-0.25, -0.2) is 4.79 Å². The average Bonchev–Trinajstić information content (AvgIpc) is 2.61. The van der Waals surface area contributed by atoms with Crippen LogP contribution in [-0.4, -0.2) is 25.5 Å². The lowest BCUT2D eigenvalue weighted by molar-refractivity contribution is -0.118. The Balaban J connectivity index is 1.91. The summed E-state index contributed by atoms with van der Waals surface area (Å²) in [5.74, 6) is -0.390. The highest BCUT2D eigenvalue weighted by molar-refractivity contribution is 6.31. The number of carbonyl (C=O) groups excluding carboxylic acids is 2. The number of amides is 1. The van der Waals surface area contributed by atoms with Crippen LogP contribution in [0.1, 0.15) is 27.9 Å². The van der Waals surface area contributed by atoms with Crippen LogP contribution in [0, 0.1) is 0 Å². The third-order valence-corrected chi connectivity index (χ3v) is 4.63. The number of fused-ring (bicyclic) bond motifs is 1. The van der Waals surface area contributed by atoms with Crippen molar-refractivity contribution in [2.24, 2.45) is 0 Å². The Morgan fingerprint density at radius 3 is 2.71 bits per heavy atom. The first kappa shape index (κ1) is 16.5. The molecule has 0 atom stereocenters. The van der Waals surface area contributed by atoms with Gasteiger partial charge in [-0.05, 0) is 42.2 Å². The first-order chi connectivity index (χ1) is 11.6. The van der Waals surface area contributed by atoms with Gasteiger partial charge in [0, 0.05) is 17.3 Å². The molecule has 0 saturated heterocycles. The van der Waals surface area contributed by atoms with E-state index >= 15 is 0 Å². The molecule has 0 spiro atoms. The zero-order valence-electron chi connectivity index (χ0n) is 13.4. The van der Waals surface area contributed by atoms with Gasteiger partial charge in [0.25, 0.3) is 0 Å². The molecule has 1 heterocycles. The molecule has 0 saturated carbocycles. The fourth-order valence-electron chi connectivity index (χ4n) is 3.09. The van der Waals surface area contributed by atoms with Gasteiger partial charge in [-0.1, -0.05) is 35.9 Å². The van der Waals surface area contributed by atoms with Gasteiger partial charge in [0.05, 0.1) is 19.1 Å². The van der Waals surface area contributed by atoms with Crippen molar-refractivity contribution in [3.05, 3.63) is 64.2 Å². The first-order valence-corrected chi connectivity index (χ1v) is 8.23. The third kappa shape index (κ3) is 3.15. The van der Waals surface area contributed by atoms with Gasteiger partial charge in [-0.3, -0.25) is 4.79 Å². The summed E-state index contributed by atoms with van der Waals surface area (Å²) in [6.45, 7) is 0.640. The zero-order valence-corrected chi connectivity index (χ0v) is 14.2. The van der Waals surface area contributed by atoms with E-state index in [1.165, 1.54) is 7.11 Å². The highest BCUT2D eigenvalue weighted by Crippen LogP contribution is 2.31. The van der Waals surface area contributed by atoms with Gasteiger partial charge >= 0.3 is 5.97 Å². The lowest BCUT2D eigenvalue weighted by Crippen LogP contribution is -2.37. The van der Waals surface area contributed by atoms with Gasteiger partial charge in [0.2, 0.25) is 5.91 Å². The number of ether oxygens (including phenoxy) is 1. The summed E-state index contributed by atoms with van der Waals surface area (Å²) in [6, 6.07) is 12.8. The molecular weight excluding hydrogens is 326 g/mol. The maximum Gasteiger partial charge on any atom is 0.338 e. The van der Waals surface area contributed by atoms with Crippen LogP contribution < -0.4 is 4.90 Å². The molecule has 0 bridgehead atoms. The van der Waals surface area contributed by atoms with Gasteiger partial charge in [-0.15, -0.1) is 0 Å². The highest BCUT2D eigenvalue weighted by atomic mass is 35.5. The maximum atomic E-state index is 12.8. The van der Waals surface area contributed by atoms with Crippen LogP contribution in [0.2, 0.25) is 5.02 Å². The van der Waals surface area contributed by atoms with Crippen LogP contribution in [0.4, 0.5) is 5.69 Å². The predicted octanol–water partition coefficient (Wildman–Crippen LogP) is 3.65. The van der Waals surface area contributed by atoms with Crippen molar-refractivity contribution in [3.8, 4) is 0 Å². The summed E-state index contributed by atoms with van der Waals surface area (Å²) in [7, 11) is 1.37. The minimum absolute atomic E-state index is 0.0222. The molecule has 0 aromatic heterocycles. The smallest absolute Gasteiger partial charge is 0.338 e. The van der Waals surface area contributed by atoms with Crippen molar-refractivity contribution in [1.82, 2.24) is 0 Å². The molecule has 2 aromatic carbocycles. The Morgan fingerprint density at radius 2 is 1.96 bits per heavy atom. The minimum Gasteiger partial charge on any atom is -0.465 e. The van der Waals surface area contributed by atoms with Gasteiger partial charge in [0.1, 0.15) is 0 Å². The summed E-state index contributed by atoms with van der Waals surface area (Å²) in [6.07, 6.45) is 1.81. The Labute approximate surface area is 146 Å². The average molecular weight is 344 g/mol. The molecule has 5 heteroatoms. The number of esters is 1. The van der Waals surface area contributed by atoms with Crippen LogP contribution in [-0.2, 0) is 22.4 Å². The third-order valence-electron chi connectivity index (χ3n) is 4.26. The van der Waals surface area contributed by atoms with Gasteiger partial charge in [0.15, 0.2) is 0 Å². The Morgan fingerprint density at radius 1 is 1.17 bits per heavy atom. The van der Waals surface area contributed by atoms with Crippen LogP contribution in [0.5, 0.6) is 0 Å². The molecule has 2 aromatic rings. The zero-order chi connectivity index (χ0) is 17.1. The van der Waals surface area contributed by atoms with E-state index in [9.17, 15) is 9.59 Å². The number of methoxy groups -OCH3 is 1. The van der Waals surface area contributed by atoms with Crippen molar-refractivity contribution >= 4 is 29.2 Å². The van der Waals surface area contributed by atoms with Crippen LogP contribution in [0.3, 0.4) is 0 Å². The summed E-state index contributed by atoms with van der Waals surface area (Å²) in [5.41, 5.74) is 3.01. The van der Waals surface area contributed by atoms with Gasteiger partial charge < -0.3 is 9.64 Å². The number of carbonyl (C=O) groups is 2. The highest BCUT2D eigenvalue weighted by Gasteiger charge is 2.26. The molecule has 124 valence electrons. The monoisotopic (exact) mass is 343 g/mol. The molecule has 0 fully saturated rings. The maximum absolute atomic E-state index is 12.8. The van der Waals surface area contributed by atoms with E-state index in [0.29, 0.717) is 17.1 Å². The summed E-state index contributed by atoms with van der Waals surface area (Å²) < 4.78 is 4.85. The second-order valence-electron chi connectivity index (χ2n) is 5.71. The Hall–Kier alpha value is -2.33. The summed E-state index contributed by atoms with van der Waals surface area (Å²) in [4.78, 5) is 26.5.